The van der Waals surface area contributed by atoms with Crippen molar-refractivity contribution in [3.63, 3.8) is 0 Å². The highest BCUT2D eigenvalue weighted by molar-refractivity contribution is 7.26. The number of ether oxygens (including phenoxy) is 1. The van der Waals surface area contributed by atoms with Crippen molar-refractivity contribution in [3.8, 4) is 11.8 Å². The quantitative estimate of drug-likeness (QED) is 0.236. The number of thiazole rings is 2. The minimum absolute atomic E-state index is 0.213. The zero-order valence-electron chi connectivity index (χ0n) is 19.6. The number of pyridine rings is 1. The fraction of sp³-hybridized carbons (Fsp3) is 0.192. The molecule has 4 aromatic heterocycles. The molecule has 1 atom stereocenters. The maximum Gasteiger partial charge on any atom is 0.412 e. The molecule has 1 amide bonds. The van der Waals surface area contributed by atoms with Crippen LogP contribution in [0.1, 0.15) is 47.2 Å². The Morgan fingerprint density at radius 2 is 1.97 bits per heavy atom. The SMILES string of the molecule is CC(OC(=O)Nc1c(C#Cc2nc3sc(C4(C(=O)O)CC4)nc3s2)oc2cnccc12)c1ccccc1Cl. The zero-order chi connectivity index (χ0) is 26.4. The van der Waals surface area contributed by atoms with E-state index in [2.05, 4.69) is 32.1 Å². The van der Waals surface area contributed by atoms with E-state index in [0.29, 0.717) is 59.8 Å². The summed E-state index contributed by atoms with van der Waals surface area (Å²) in [7, 11) is 0. The van der Waals surface area contributed by atoms with E-state index in [1.807, 2.05) is 6.07 Å². The van der Waals surface area contributed by atoms with Gasteiger partial charge in [0.1, 0.15) is 22.2 Å². The summed E-state index contributed by atoms with van der Waals surface area (Å²) in [6, 6.07) is 8.85. The Labute approximate surface area is 228 Å². The molecular formula is C26H17ClN4O5S2. The van der Waals surface area contributed by atoms with Crippen LogP contribution < -0.4 is 5.32 Å². The second-order valence-corrected chi connectivity index (χ2v) is 11.0. The molecule has 0 aliphatic heterocycles. The maximum atomic E-state index is 12.8. The molecule has 1 aromatic carbocycles. The summed E-state index contributed by atoms with van der Waals surface area (Å²) < 4.78 is 11.4. The first-order chi connectivity index (χ1) is 18.3. The van der Waals surface area contributed by atoms with Crippen molar-refractivity contribution in [1.82, 2.24) is 15.0 Å². The lowest BCUT2D eigenvalue weighted by molar-refractivity contribution is -0.140. The molecule has 1 aliphatic carbocycles. The predicted octanol–water partition coefficient (Wildman–Crippen LogP) is 6.37. The summed E-state index contributed by atoms with van der Waals surface area (Å²) in [6.45, 7) is 1.73. The molecule has 190 valence electrons. The largest absolute Gasteiger partial charge is 0.481 e. The Balaban J connectivity index is 1.26. The fourth-order valence-electron chi connectivity index (χ4n) is 3.98. The second-order valence-electron chi connectivity index (χ2n) is 8.66. The van der Waals surface area contributed by atoms with Crippen molar-refractivity contribution >= 4 is 72.7 Å². The monoisotopic (exact) mass is 564 g/mol. The predicted molar refractivity (Wildman–Crippen MR) is 144 cm³/mol. The van der Waals surface area contributed by atoms with Crippen LogP contribution >= 0.6 is 34.3 Å². The van der Waals surface area contributed by atoms with Gasteiger partial charge in [0.25, 0.3) is 0 Å². The molecule has 1 unspecified atom stereocenters. The smallest absolute Gasteiger partial charge is 0.412 e. The van der Waals surface area contributed by atoms with Gasteiger partial charge in [0.2, 0.25) is 5.76 Å². The summed E-state index contributed by atoms with van der Waals surface area (Å²) >= 11 is 8.78. The van der Waals surface area contributed by atoms with Crippen LogP contribution in [0.5, 0.6) is 0 Å². The van der Waals surface area contributed by atoms with Crippen LogP contribution in [0.15, 0.2) is 47.1 Å². The maximum absolute atomic E-state index is 12.8. The molecule has 0 spiro atoms. The summed E-state index contributed by atoms with van der Waals surface area (Å²) in [5.41, 5.74) is 0.614. The highest BCUT2D eigenvalue weighted by atomic mass is 35.5. The molecule has 0 bridgehead atoms. The van der Waals surface area contributed by atoms with Gasteiger partial charge >= 0.3 is 12.1 Å². The van der Waals surface area contributed by atoms with E-state index in [-0.39, 0.29) is 5.76 Å². The topological polar surface area (TPSA) is 127 Å². The van der Waals surface area contributed by atoms with Gasteiger partial charge in [-0.05, 0) is 43.7 Å². The minimum atomic E-state index is -0.863. The van der Waals surface area contributed by atoms with E-state index < -0.39 is 23.6 Å². The van der Waals surface area contributed by atoms with Crippen LogP contribution in [-0.4, -0.2) is 32.1 Å². The molecule has 38 heavy (non-hydrogen) atoms. The average molecular weight is 565 g/mol. The molecule has 0 saturated heterocycles. The molecule has 6 rings (SSSR count). The van der Waals surface area contributed by atoms with Crippen molar-refractivity contribution in [2.75, 3.05) is 5.32 Å². The van der Waals surface area contributed by atoms with Gasteiger partial charge in [-0.15, -0.1) is 0 Å². The van der Waals surface area contributed by atoms with E-state index in [0.717, 1.165) is 0 Å². The minimum Gasteiger partial charge on any atom is -0.481 e. The molecule has 1 fully saturated rings. The van der Waals surface area contributed by atoms with E-state index in [1.54, 1.807) is 37.4 Å². The van der Waals surface area contributed by atoms with Crippen molar-refractivity contribution < 1.29 is 23.8 Å². The number of hydrogen-bond donors (Lipinski definition) is 2. The third kappa shape index (κ3) is 4.36. The summed E-state index contributed by atoms with van der Waals surface area (Å²) in [4.78, 5) is 38.8. The molecule has 1 aliphatic rings. The van der Waals surface area contributed by atoms with E-state index in [4.69, 9.17) is 20.8 Å². The molecule has 1 saturated carbocycles. The van der Waals surface area contributed by atoms with Crippen molar-refractivity contribution in [2.24, 2.45) is 0 Å². The van der Waals surface area contributed by atoms with Crippen molar-refractivity contribution in [2.45, 2.75) is 31.3 Å². The summed E-state index contributed by atoms with van der Waals surface area (Å²) in [6.07, 6.45) is 3.01. The first-order valence-corrected chi connectivity index (χ1v) is 13.5. The first-order valence-electron chi connectivity index (χ1n) is 11.5. The van der Waals surface area contributed by atoms with Gasteiger partial charge in [-0.1, -0.05) is 52.5 Å². The number of carbonyl (C=O) groups excluding carboxylic acids is 1. The number of carboxylic acids is 1. The van der Waals surface area contributed by atoms with E-state index in [9.17, 15) is 14.7 Å². The lowest BCUT2D eigenvalue weighted by atomic mass is 10.1. The number of halogens is 1. The van der Waals surface area contributed by atoms with Gasteiger partial charge in [-0.2, -0.15) is 0 Å². The number of nitrogens with one attached hydrogen (secondary N) is 1. The fourth-order valence-corrected chi connectivity index (χ4v) is 6.40. The number of carboxylic acid groups (broad SMARTS) is 1. The number of nitrogens with zero attached hydrogens (tertiary/aromatic N) is 3. The Hall–Kier alpha value is -3.98. The first kappa shape index (κ1) is 24.4. The van der Waals surface area contributed by atoms with Gasteiger partial charge in [0.15, 0.2) is 20.3 Å². The normalized spacial score (nSPS) is 14.6. The van der Waals surface area contributed by atoms with Crippen LogP contribution in [0, 0.1) is 11.8 Å². The Morgan fingerprint density at radius 3 is 2.71 bits per heavy atom. The molecule has 9 nitrogen and oxygen atoms in total. The standard InChI is InChI=1S/C26H17ClN4O5S2/c1-13(14-4-2-3-5-16(14)27)35-25(34)30-20-15-8-11-28-12-18(15)36-17(20)6-7-19-29-21-22(37-19)31-23(38-21)26(9-10-26)24(32)33/h2-5,8,11-13H,9-10H2,1H3,(H,30,34)(H,32,33). The molecular weight excluding hydrogens is 548 g/mol. The van der Waals surface area contributed by atoms with Crippen molar-refractivity contribution in [3.05, 3.63) is 69.1 Å². The number of amides is 1. The third-order valence-corrected chi connectivity index (χ3v) is 8.67. The van der Waals surface area contributed by atoms with Gasteiger partial charge in [0.05, 0.1) is 6.20 Å². The number of furan rings is 1. The van der Waals surface area contributed by atoms with Crippen LogP contribution in [-0.2, 0) is 14.9 Å². The summed E-state index contributed by atoms with van der Waals surface area (Å²) in [5.74, 6) is 5.27. The highest BCUT2D eigenvalue weighted by Gasteiger charge is 2.54. The zero-order valence-corrected chi connectivity index (χ0v) is 22.0. The van der Waals surface area contributed by atoms with E-state index >= 15 is 0 Å². The Bertz CT molecular complexity index is 1760. The Kier molecular flexibility index (Phi) is 6.03. The summed E-state index contributed by atoms with van der Waals surface area (Å²) in [5, 5.41) is 14.4. The van der Waals surface area contributed by atoms with Gasteiger partial charge in [-0.25, -0.2) is 14.8 Å². The third-order valence-electron chi connectivity index (χ3n) is 6.17. The number of rotatable bonds is 5. The molecule has 5 aromatic rings. The van der Waals surface area contributed by atoms with Gasteiger partial charge in [0, 0.05) is 22.2 Å². The molecule has 0 radical (unpaired) electrons. The van der Waals surface area contributed by atoms with Crippen LogP contribution in [0.25, 0.3) is 20.6 Å². The van der Waals surface area contributed by atoms with Gasteiger partial charge < -0.3 is 14.3 Å². The molecule has 4 heterocycles. The lowest BCUT2D eigenvalue weighted by Crippen LogP contribution is -2.18. The number of carbonyl (C=O) groups is 2. The van der Waals surface area contributed by atoms with Crippen LogP contribution in [0.4, 0.5) is 10.5 Å². The highest BCUT2D eigenvalue weighted by Crippen LogP contribution is 2.50. The average Bonchev–Trinajstić information content (AvgIpc) is 3.32. The number of anilines is 1. The number of fused-ring (bicyclic) bond motifs is 2. The number of aromatic nitrogens is 3. The molecule has 12 heteroatoms. The number of hydrogen-bond acceptors (Lipinski definition) is 9. The van der Waals surface area contributed by atoms with E-state index in [1.165, 1.54) is 28.9 Å². The number of aliphatic carboxylic acids is 1. The molecule has 2 N–H and O–H groups in total. The lowest BCUT2D eigenvalue weighted by Gasteiger charge is -2.15. The van der Waals surface area contributed by atoms with Gasteiger partial charge in [-0.3, -0.25) is 15.1 Å². The Morgan fingerprint density at radius 1 is 1.18 bits per heavy atom. The van der Waals surface area contributed by atoms with Crippen LogP contribution in [0.2, 0.25) is 5.02 Å². The van der Waals surface area contributed by atoms with Crippen LogP contribution in [0.3, 0.4) is 0 Å². The van der Waals surface area contributed by atoms with Crippen molar-refractivity contribution in [1.29, 1.82) is 0 Å². The number of benzene rings is 1. The second kappa shape index (κ2) is 9.40.